The Labute approximate surface area is 176 Å². The zero-order chi connectivity index (χ0) is 22.2. The fourth-order valence-corrected chi connectivity index (χ4v) is 4.26. The first-order valence-electron chi connectivity index (χ1n) is 8.52. The summed E-state index contributed by atoms with van der Waals surface area (Å²) in [5.41, 5.74) is -1.83. The molecule has 3 N–H and O–H groups in total. The van der Waals surface area contributed by atoms with Gasteiger partial charge in [0.25, 0.3) is 20.9 Å². The van der Waals surface area contributed by atoms with Gasteiger partial charge in [-0.25, -0.2) is 8.42 Å². The van der Waals surface area contributed by atoms with Gasteiger partial charge in [-0.1, -0.05) is 16.1 Å². The van der Waals surface area contributed by atoms with E-state index >= 15 is 0 Å². The van der Waals surface area contributed by atoms with Crippen molar-refractivity contribution in [2.75, 3.05) is 24.8 Å². The maximum atomic E-state index is 12.5. The maximum Gasteiger partial charge on any atom is 0.269 e. The van der Waals surface area contributed by atoms with Crippen molar-refractivity contribution in [3.63, 3.8) is 0 Å². The van der Waals surface area contributed by atoms with Crippen molar-refractivity contribution < 1.29 is 22.8 Å². The van der Waals surface area contributed by atoms with Crippen LogP contribution in [-0.4, -0.2) is 32.2 Å². The van der Waals surface area contributed by atoms with Gasteiger partial charge in [-0.05, 0) is 31.2 Å². The lowest BCUT2D eigenvalue weighted by molar-refractivity contribution is -0.0259. The van der Waals surface area contributed by atoms with Crippen LogP contribution in [0.2, 0.25) is 5.02 Å². The van der Waals surface area contributed by atoms with Crippen LogP contribution in [0.1, 0.15) is 11.5 Å². The van der Waals surface area contributed by atoms with Gasteiger partial charge in [-0.3, -0.25) is 14.4 Å². The number of hydrogen-bond donors (Lipinski definition) is 3. The van der Waals surface area contributed by atoms with Gasteiger partial charge in [0.05, 0.1) is 24.4 Å². The molecule has 160 valence electrons. The lowest BCUT2D eigenvalue weighted by atomic mass is 10.1. The SMILES string of the molecule is CON(C)S(=O)(=O)c1c(Cl)ccc(Nc2c(NCc3ccc(C)o3)c(=O)c2=O)c1O. The summed E-state index contributed by atoms with van der Waals surface area (Å²) in [5.74, 6) is 0.514. The lowest BCUT2D eigenvalue weighted by Gasteiger charge is -2.19. The molecule has 0 bridgehead atoms. The summed E-state index contributed by atoms with van der Waals surface area (Å²) in [6, 6.07) is 5.97. The number of hydroxylamine groups is 1. The Bertz CT molecular complexity index is 1280. The van der Waals surface area contributed by atoms with Crippen LogP contribution in [0.4, 0.5) is 17.1 Å². The van der Waals surface area contributed by atoms with Gasteiger partial charge >= 0.3 is 0 Å². The molecule has 12 heteroatoms. The number of nitrogens with one attached hydrogen (secondary N) is 2. The summed E-state index contributed by atoms with van der Waals surface area (Å²) in [6.45, 7) is 1.92. The number of furan rings is 1. The summed E-state index contributed by atoms with van der Waals surface area (Å²) < 4.78 is 31.0. The van der Waals surface area contributed by atoms with Gasteiger partial charge in [-0.15, -0.1) is 0 Å². The minimum Gasteiger partial charge on any atom is -0.504 e. The summed E-state index contributed by atoms with van der Waals surface area (Å²) in [5, 5.41) is 15.7. The third kappa shape index (κ3) is 3.79. The Kier molecular flexibility index (Phi) is 5.90. The van der Waals surface area contributed by atoms with Gasteiger partial charge in [0.2, 0.25) is 0 Å². The smallest absolute Gasteiger partial charge is 0.269 e. The number of benzene rings is 1. The van der Waals surface area contributed by atoms with E-state index in [0.717, 1.165) is 14.2 Å². The summed E-state index contributed by atoms with van der Waals surface area (Å²) in [6.07, 6.45) is 0. The van der Waals surface area contributed by atoms with E-state index < -0.39 is 31.5 Å². The van der Waals surface area contributed by atoms with Crippen LogP contribution < -0.4 is 21.5 Å². The second-order valence-electron chi connectivity index (χ2n) is 6.27. The van der Waals surface area contributed by atoms with Crippen LogP contribution in [-0.2, 0) is 21.4 Å². The average Bonchev–Trinajstić information content (AvgIpc) is 3.12. The van der Waals surface area contributed by atoms with Crippen molar-refractivity contribution >= 4 is 38.7 Å². The van der Waals surface area contributed by atoms with E-state index in [0.29, 0.717) is 16.0 Å². The third-order valence-corrected chi connectivity index (χ3v) is 6.52. The largest absolute Gasteiger partial charge is 0.504 e. The van der Waals surface area contributed by atoms with E-state index in [-0.39, 0.29) is 28.6 Å². The molecular weight excluding hydrogens is 438 g/mol. The molecule has 2 aromatic carbocycles. The molecule has 1 aromatic heterocycles. The minimum atomic E-state index is -4.29. The number of phenolic OH excluding ortho intramolecular Hbond substituents is 1. The van der Waals surface area contributed by atoms with E-state index in [9.17, 15) is 23.1 Å². The number of anilines is 3. The molecule has 10 nitrogen and oxygen atoms in total. The predicted octanol–water partition coefficient (Wildman–Crippen LogP) is 2.08. The molecule has 0 fully saturated rings. The first-order valence-corrected chi connectivity index (χ1v) is 10.3. The number of aromatic hydroxyl groups is 1. The van der Waals surface area contributed by atoms with Crippen molar-refractivity contribution in [3.8, 4) is 5.75 Å². The molecule has 0 aliphatic rings. The summed E-state index contributed by atoms with van der Waals surface area (Å²) >= 11 is 5.97. The number of aryl methyl sites for hydroxylation is 1. The second-order valence-corrected chi connectivity index (χ2v) is 8.55. The molecule has 3 rings (SSSR count). The van der Waals surface area contributed by atoms with Crippen molar-refractivity contribution in [2.24, 2.45) is 0 Å². The Morgan fingerprint density at radius 1 is 1.17 bits per heavy atom. The fourth-order valence-electron chi connectivity index (χ4n) is 2.69. The first-order chi connectivity index (χ1) is 14.1. The Balaban J connectivity index is 1.93. The molecule has 0 amide bonds. The van der Waals surface area contributed by atoms with Crippen LogP contribution in [0.3, 0.4) is 0 Å². The number of nitrogens with zero attached hydrogens (tertiary/aromatic N) is 1. The van der Waals surface area contributed by atoms with Gasteiger partial charge in [0.15, 0.2) is 5.75 Å². The molecule has 0 aliphatic heterocycles. The van der Waals surface area contributed by atoms with Crippen LogP contribution in [0, 0.1) is 6.92 Å². The van der Waals surface area contributed by atoms with Gasteiger partial charge in [0.1, 0.15) is 27.8 Å². The van der Waals surface area contributed by atoms with Gasteiger partial charge < -0.3 is 20.2 Å². The highest BCUT2D eigenvalue weighted by Crippen LogP contribution is 2.39. The van der Waals surface area contributed by atoms with Crippen LogP contribution in [0.5, 0.6) is 5.75 Å². The molecule has 1 heterocycles. The molecular formula is C18H18ClN3O7S. The number of hydrogen-bond acceptors (Lipinski definition) is 9. The van der Waals surface area contributed by atoms with E-state index in [2.05, 4.69) is 15.5 Å². The Morgan fingerprint density at radius 2 is 1.83 bits per heavy atom. The predicted molar refractivity (Wildman–Crippen MR) is 110 cm³/mol. The van der Waals surface area contributed by atoms with E-state index in [4.69, 9.17) is 16.0 Å². The minimum absolute atomic E-state index is 0.0122. The maximum absolute atomic E-state index is 12.5. The van der Waals surface area contributed by atoms with Crippen LogP contribution in [0.15, 0.2) is 43.2 Å². The average molecular weight is 456 g/mol. The summed E-state index contributed by atoms with van der Waals surface area (Å²) in [4.78, 5) is 28.0. The molecule has 0 saturated carbocycles. The van der Waals surface area contributed by atoms with Gasteiger partial charge in [-0.2, -0.15) is 0 Å². The number of phenols is 1. The molecule has 0 aliphatic carbocycles. The highest BCUT2D eigenvalue weighted by molar-refractivity contribution is 7.89. The van der Waals surface area contributed by atoms with Crippen molar-refractivity contribution in [2.45, 2.75) is 18.4 Å². The molecule has 0 atom stereocenters. The monoisotopic (exact) mass is 455 g/mol. The van der Waals surface area contributed by atoms with Crippen molar-refractivity contribution in [1.82, 2.24) is 4.47 Å². The Morgan fingerprint density at radius 3 is 2.43 bits per heavy atom. The zero-order valence-electron chi connectivity index (χ0n) is 16.1. The normalized spacial score (nSPS) is 11.9. The molecule has 0 radical (unpaired) electrons. The number of sulfonamides is 1. The molecule has 30 heavy (non-hydrogen) atoms. The highest BCUT2D eigenvalue weighted by Gasteiger charge is 2.30. The Hall–Kier alpha value is -2.86. The number of halogens is 1. The number of rotatable bonds is 8. The van der Waals surface area contributed by atoms with Gasteiger partial charge in [0, 0.05) is 7.05 Å². The zero-order valence-corrected chi connectivity index (χ0v) is 17.7. The topological polar surface area (TPSA) is 138 Å². The second kappa shape index (κ2) is 8.11. The first kappa shape index (κ1) is 21.8. The molecule has 0 unspecified atom stereocenters. The van der Waals surface area contributed by atoms with E-state index in [1.807, 2.05) is 0 Å². The van der Waals surface area contributed by atoms with Crippen molar-refractivity contribution in [1.29, 1.82) is 0 Å². The third-order valence-electron chi connectivity index (χ3n) is 4.34. The summed E-state index contributed by atoms with van der Waals surface area (Å²) in [7, 11) is -2.03. The molecule has 0 spiro atoms. The quantitative estimate of drug-likeness (QED) is 0.264. The molecule has 3 aromatic rings. The lowest BCUT2D eigenvalue weighted by Crippen LogP contribution is -2.36. The van der Waals surface area contributed by atoms with Crippen molar-refractivity contribution in [3.05, 3.63) is 61.3 Å². The van der Waals surface area contributed by atoms with E-state index in [1.165, 1.54) is 12.1 Å². The molecule has 0 saturated heterocycles. The van der Waals surface area contributed by atoms with Crippen LogP contribution >= 0.6 is 11.6 Å². The van der Waals surface area contributed by atoms with Crippen LogP contribution in [0.25, 0.3) is 0 Å². The fraction of sp³-hybridized carbons (Fsp3) is 0.222. The highest BCUT2D eigenvalue weighted by atomic mass is 35.5. The standard InChI is InChI=1S/C18H18ClN3O7S/c1-9-4-5-10(29-9)8-20-13-14(17(25)16(13)24)21-12-7-6-11(19)18(15(12)23)30(26,27)22(2)28-3/h4-7,20-21,23H,8H2,1-3H3. The van der Waals surface area contributed by atoms with E-state index in [1.54, 1.807) is 19.1 Å².